The Hall–Kier alpha value is -2.87. The lowest BCUT2D eigenvalue weighted by Crippen LogP contribution is -2.32. The van der Waals surface area contributed by atoms with E-state index in [0.29, 0.717) is 0 Å². The van der Waals surface area contributed by atoms with E-state index in [0.717, 1.165) is 0 Å². The average Bonchev–Trinajstić information content (AvgIpc) is 2.86. The van der Waals surface area contributed by atoms with Crippen LogP contribution in [0.15, 0.2) is 54.6 Å². The largest absolute Gasteiger partial charge is 0.347 e. The maximum Gasteiger partial charge on any atom is 0.212 e. The highest BCUT2D eigenvalue weighted by molar-refractivity contribution is 5.93. The van der Waals surface area contributed by atoms with Gasteiger partial charge in [0.2, 0.25) is 11.2 Å². The number of aryl methyl sites for hydroxylation is 3. The molecular formula is C23H23N2+. The van der Waals surface area contributed by atoms with E-state index in [1.807, 2.05) is 0 Å². The van der Waals surface area contributed by atoms with Crippen LogP contribution in [-0.4, -0.2) is 4.57 Å². The molecule has 0 aliphatic carbocycles. The van der Waals surface area contributed by atoms with E-state index in [9.17, 15) is 0 Å². The summed E-state index contributed by atoms with van der Waals surface area (Å²) >= 11 is 0. The highest BCUT2D eigenvalue weighted by atomic mass is 14.9. The fourth-order valence-electron chi connectivity index (χ4n) is 3.64. The lowest BCUT2D eigenvalue weighted by atomic mass is 10.1. The first kappa shape index (κ1) is 15.6. The maximum absolute atomic E-state index is 2.26. The van der Waals surface area contributed by atoms with Gasteiger partial charge in [0.05, 0.1) is 0 Å². The third-order valence-corrected chi connectivity index (χ3v) is 5.23. The molecule has 124 valence electrons. The van der Waals surface area contributed by atoms with E-state index in [4.69, 9.17) is 0 Å². The molecule has 2 heterocycles. The number of hydrogen-bond acceptors (Lipinski definition) is 0. The molecule has 0 saturated carbocycles. The lowest BCUT2D eigenvalue weighted by Gasteiger charge is -2.01. The minimum Gasteiger partial charge on any atom is -0.347 e. The molecule has 0 radical (unpaired) electrons. The summed E-state index contributed by atoms with van der Waals surface area (Å²) in [6.45, 7) is 4.32. The summed E-state index contributed by atoms with van der Waals surface area (Å²) in [7, 11) is 4.26. The first-order chi connectivity index (χ1) is 12.1. The van der Waals surface area contributed by atoms with Crippen molar-refractivity contribution in [2.75, 3.05) is 0 Å². The van der Waals surface area contributed by atoms with E-state index in [-0.39, 0.29) is 0 Å². The first-order valence-corrected chi connectivity index (χ1v) is 8.68. The van der Waals surface area contributed by atoms with Crippen LogP contribution < -0.4 is 4.57 Å². The average molecular weight is 327 g/mol. The number of benzene rings is 2. The Balaban J connectivity index is 1.83. The molecule has 0 amide bonds. The standard InChI is InChI=1S/C23H23N2/c1-16-9-14-22-18(15-16)10-11-19(25(22)4)12-13-20-17(2)24(3)23-8-6-5-7-21(20)23/h5-15H,1-4H3/q+1. The number of rotatable bonds is 2. The first-order valence-electron chi connectivity index (χ1n) is 8.68. The second-order valence-electron chi connectivity index (χ2n) is 6.79. The Bertz CT molecular complexity index is 1130. The Morgan fingerprint density at radius 3 is 2.56 bits per heavy atom. The molecule has 0 aliphatic rings. The summed E-state index contributed by atoms with van der Waals surface area (Å²) in [6, 6.07) is 19.6. The molecular weight excluding hydrogens is 304 g/mol. The molecule has 4 aromatic rings. The Morgan fingerprint density at radius 1 is 0.920 bits per heavy atom. The zero-order chi connectivity index (χ0) is 17.6. The minimum absolute atomic E-state index is 1.20. The van der Waals surface area contributed by atoms with Crippen molar-refractivity contribution in [1.82, 2.24) is 4.57 Å². The van der Waals surface area contributed by atoms with Gasteiger partial charge in [-0.2, -0.15) is 4.57 Å². The summed E-state index contributed by atoms with van der Waals surface area (Å²) in [5, 5.41) is 2.58. The third-order valence-electron chi connectivity index (χ3n) is 5.23. The SMILES string of the molecule is Cc1ccc2c(ccc(/C=C/c3c(C)n(C)c4ccccc34)[n+]2C)c1. The van der Waals surface area contributed by atoms with Gasteiger partial charge in [0.1, 0.15) is 7.05 Å². The van der Waals surface area contributed by atoms with Gasteiger partial charge in [-0.15, -0.1) is 0 Å². The molecule has 0 bridgehead atoms. The van der Waals surface area contributed by atoms with Gasteiger partial charge >= 0.3 is 0 Å². The van der Waals surface area contributed by atoms with Crippen molar-refractivity contribution in [3.05, 3.63) is 77.1 Å². The summed E-state index contributed by atoms with van der Waals surface area (Å²) in [5.41, 5.74) is 7.60. The molecule has 2 heteroatoms. The molecule has 0 unspecified atom stereocenters. The van der Waals surface area contributed by atoms with E-state index in [1.54, 1.807) is 0 Å². The predicted molar refractivity (Wildman–Crippen MR) is 106 cm³/mol. The molecule has 25 heavy (non-hydrogen) atoms. The monoisotopic (exact) mass is 327 g/mol. The number of hydrogen-bond donors (Lipinski definition) is 0. The molecule has 2 aromatic carbocycles. The van der Waals surface area contributed by atoms with Crippen molar-refractivity contribution in [1.29, 1.82) is 0 Å². The van der Waals surface area contributed by atoms with Gasteiger partial charge in [-0.3, -0.25) is 0 Å². The van der Waals surface area contributed by atoms with Gasteiger partial charge < -0.3 is 4.57 Å². The summed E-state index contributed by atoms with van der Waals surface area (Å²) < 4.78 is 4.52. The second kappa shape index (κ2) is 5.89. The molecule has 2 nitrogen and oxygen atoms in total. The van der Waals surface area contributed by atoms with Gasteiger partial charge in [0.25, 0.3) is 0 Å². The summed E-state index contributed by atoms with van der Waals surface area (Å²) in [4.78, 5) is 0. The predicted octanol–water partition coefficient (Wildman–Crippen LogP) is 4.94. The zero-order valence-corrected chi connectivity index (χ0v) is 15.2. The Kier molecular flexibility index (Phi) is 3.69. The lowest BCUT2D eigenvalue weighted by molar-refractivity contribution is -0.646. The molecule has 0 N–H and O–H groups in total. The van der Waals surface area contributed by atoms with Crippen molar-refractivity contribution in [2.24, 2.45) is 14.1 Å². The molecule has 4 rings (SSSR count). The van der Waals surface area contributed by atoms with Crippen molar-refractivity contribution >= 4 is 34.0 Å². The van der Waals surface area contributed by atoms with Crippen LogP contribution in [0.3, 0.4) is 0 Å². The molecule has 2 aromatic heterocycles. The third kappa shape index (κ3) is 2.54. The summed E-state index contributed by atoms with van der Waals surface area (Å²) in [5.74, 6) is 0. The molecule has 0 aliphatic heterocycles. The van der Waals surface area contributed by atoms with E-state index >= 15 is 0 Å². The quantitative estimate of drug-likeness (QED) is 0.461. The van der Waals surface area contributed by atoms with Gasteiger partial charge in [0, 0.05) is 52.8 Å². The van der Waals surface area contributed by atoms with Crippen LogP contribution in [0.2, 0.25) is 0 Å². The van der Waals surface area contributed by atoms with Gasteiger partial charge in [-0.1, -0.05) is 29.8 Å². The smallest absolute Gasteiger partial charge is 0.212 e. The number of pyridine rings is 1. The van der Waals surface area contributed by atoms with E-state index in [1.165, 1.54) is 44.3 Å². The van der Waals surface area contributed by atoms with E-state index in [2.05, 4.69) is 104 Å². The van der Waals surface area contributed by atoms with Gasteiger partial charge in [-0.05, 0) is 38.1 Å². The fraction of sp³-hybridized carbons (Fsp3) is 0.174. The molecule has 0 saturated heterocycles. The van der Waals surface area contributed by atoms with Crippen molar-refractivity contribution in [2.45, 2.75) is 13.8 Å². The molecule has 0 fully saturated rings. The highest BCUT2D eigenvalue weighted by Gasteiger charge is 2.11. The fourth-order valence-corrected chi connectivity index (χ4v) is 3.64. The van der Waals surface area contributed by atoms with Crippen LogP contribution in [0.25, 0.3) is 34.0 Å². The van der Waals surface area contributed by atoms with Crippen LogP contribution in [0.1, 0.15) is 22.5 Å². The van der Waals surface area contributed by atoms with Crippen molar-refractivity contribution < 1.29 is 4.57 Å². The van der Waals surface area contributed by atoms with Crippen LogP contribution in [-0.2, 0) is 14.1 Å². The van der Waals surface area contributed by atoms with Crippen LogP contribution in [0.4, 0.5) is 0 Å². The van der Waals surface area contributed by atoms with Crippen LogP contribution in [0, 0.1) is 13.8 Å². The Morgan fingerprint density at radius 2 is 1.72 bits per heavy atom. The highest BCUT2D eigenvalue weighted by Crippen LogP contribution is 2.26. The normalized spacial score (nSPS) is 11.8. The van der Waals surface area contributed by atoms with Crippen molar-refractivity contribution in [3.8, 4) is 0 Å². The topological polar surface area (TPSA) is 8.81 Å². The van der Waals surface area contributed by atoms with Gasteiger partial charge in [0.15, 0.2) is 0 Å². The van der Waals surface area contributed by atoms with E-state index < -0.39 is 0 Å². The minimum atomic E-state index is 1.20. The van der Waals surface area contributed by atoms with Crippen molar-refractivity contribution in [3.63, 3.8) is 0 Å². The zero-order valence-electron chi connectivity index (χ0n) is 15.2. The number of fused-ring (bicyclic) bond motifs is 2. The molecule has 0 spiro atoms. The van der Waals surface area contributed by atoms with Crippen LogP contribution >= 0.6 is 0 Å². The Labute approximate surface area is 148 Å². The number of nitrogens with zero attached hydrogens (tertiary/aromatic N) is 2. The maximum atomic E-state index is 2.26. The number of aromatic nitrogens is 2. The number of para-hydroxylation sites is 1. The molecule has 0 atom stereocenters. The second-order valence-corrected chi connectivity index (χ2v) is 6.79. The van der Waals surface area contributed by atoms with Crippen LogP contribution in [0.5, 0.6) is 0 Å². The summed E-state index contributed by atoms with van der Waals surface area (Å²) in [6.07, 6.45) is 4.46. The van der Waals surface area contributed by atoms with Gasteiger partial charge in [-0.25, -0.2) is 0 Å².